The van der Waals surface area contributed by atoms with Crippen molar-refractivity contribution in [3.05, 3.63) is 0 Å². The van der Waals surface area contributed by atoms with E-state index < -0.39 is 98.6 Å². The van der Waals surface area contributed by atoms with E-state index in [1.807, 2.05) is 0 Å². The number of ether oxygens (including phenoxy) is 7. The van der Waals surface area contributed by atoms with Crippen molar-refractivity contribution in [1.82, 2.24) is 0 Å². The van der Waals surface area contributed by atoms with Crippen LogP contribution in [0.2, 0.25) is 0 Å². The molecule has 0 amide bonds. The molecule has 0 aromatic heterocycles. The third-order valence-corrected chi connectivity index (χ3v) is 6.46. The largest absolute Gasteiger partial charge is 0.426 e. The summed E-state index contributed by atoms with van der Waals surface area (Å²) in [6, 6.07) is 0. The predicted molar refractivity (Wildman–Crippen MR) is 144 cm³/mol. The molecule has 0 radical (unpaired) electrons. The minimum Gasteiger partial charge on any atom is -0.373 e. The Balaban J connectivity index is 4.36. The van der Waals surface area contributed by atoms with Crippen LogP contribution in [0.4, 0.5) is 52.7 Å². The number of alkyl halides is 12. The van der Waals surface area contributed by atoms with Gasteiger partial charge in [-0.2, -0.15) is 52.7 Å². The average Bonchev–Trinajstić information content (AvgIpc) is 2.97. The Morgan fingerprint density at radius 2 is 0.638 bits per heavy atom. The lowest BCUT2D eigenvalue weighted by molar-refractivity contribution is -0.408. The van der Waals surface area contributed by atoms with Crippen molar-refractivity contribution >= 4 is 0 Å². The molecule has 0 aliphatic heterocycles. The summed E-state index contributed by atoms with van der Waals surface area (Å²) in [6.07, 6.45) is -19.1. The first-order valence-electron chi connectivity index (χ1n) is 14.9. The molecule has 6 atom stereocenters. The zero-order chi connectivity index (χ0) is 37.1. The topological polar surface area (TPSA) is 64.6 Å². The number of halogens is 12. The molecule has 47 heavy (non-hydrogen) atoms. The Kier molecular flexibility index (Phi) is 18.3. The zero-order valence-corrected chi connectivity index (χ0v) is 27.5. The second kappa shape index (κ2) is 18.8. The van der Waals surface area contributed by atoms with Gasteiger partial charge in [0.25, 0.3) is 0 Å². The molecule has 0 saturated carbocycles. The lowest BCUT2D eigenvalue weighted by atomic mass is 10.1. The Labute approximate surface area is 266 Å². The molecule has 0 fully saturated rings. The molecule has 0 bridgehead atoms. The van der Waals surface area contributed by atoms with Crippen LogP contribution in [-0.4, -0.2) is 112 Å². The number of hydrogen-bond donors (Lipinski definition) is 0. The summed E-state index contributed by atoms with van der Waals surface area (Å²) in [4.78, 5) is 0. The van der Waals surface area contributed by atoms with Crippen LogP contribution in [0.15, 0.2) is 0 Å². The smallest absolute Gasteiger partial charge is 0.373 e. The molecule has 0 aliphatic rings. The summed E-state index contributed by atoms with van der Waals surface area (Å²) in [6.45, 7) is 7.85. The third kappa shape index (κ3) is 14.0. The molecule has 0 rings (SSSR count). The van der Waals surface area contributed by atoms with Crippen LogP contribution in [0.3, 0.4) is 0 Å². The number of hydrogen-bond acceptors (Lipinski definition) is 7. The normalized spacial score (nSPS) is 18.1. The van der Waals surface area contributed by atoms with Gasteiger partial charge in [-0.1, -0.05) is 13.8 Å². The van der Waals surface area contributed by atoms with Crippen molar-refractivity contribution in [3.63, 3.8) is 0 Å². The van der Waals surface area contributed by atoms with E-state index >= 15 is 0 Å². The van der Waals surface area contributed by atoms with Crippen molar-refractivity contribution in [2.45, 2.75) is 141 Å². The summed E-state index contributed by atoms with van der Waals surface area (Å²) >= 11 is 0. The average molecular weight is 723 g/mol. The lowest BCUT2D eigenvalue weighted by Crippen LogP contribution is -2.56. The quantitative estimate of drug-likeness (QED) is 0.0840. The highest BCUT2D eigenvalue weighted by Gasteiger charge is 2.73. The molecule has 7 nitrogen and oxygen atoms in total. The van der Waals surface area contributed by atoms with Crippen molar-refractivity contribution in [3.8, 4) is 0 Å². The highest BCUT2D eigenvalue weighted by molar-refractivity contribution is 4.92. The van der Waals surface area contributed by atoms with Gasteiger partial charge in [0.15, 0.2) is 0 Å². The minimum atomic E-state index is -5.73. The minimum absolute atomic E-state index is 0.0315. The van der Waals surface area contributed by atoms with Crippen molar-refractivity contribution in [2.24, 2.45) is 0 Å². The first-order valence-corrected chi connectivity index (χ1v) is 14.9. The van der Waals surface area contributed by atoms with Crippen LogP contribution in [0.5, 0.6) is 0 Å². The Morgan fingerprint density at radius 3 is 0.936 bits per heavy atom. The van der Waals surface area contributed by atoms with Gasteiger partial charge in [-0.05, 0) is 41.5 Å². The molecule has 19 heteroatoms. The molecule has 0 aromatic carbocycles. The summed E-state index contributed by atoms with van der Waals surface area (Å²) in [7, 11) is 0. The summed E-state index contributed by atoms with van der Waals surface area (Å²) in [5, 5.41) is 0. The maximum Gasteiger partial charge on any atom is 0.426 e. The number of rotatable bonds is 26. The fourth-order valence-corrected chi connectivity index (χ4v) is 3.28. The van der Waals surface area contributed by atoms with E-state index in [0.717, 1.165) is 6.92 Å². The van der Waals surface area contributed by atoms with E-state index in [1.165, 1.54) is 13.8 Å². The van der Waals surface area contributed by atoms with E-state index in [-0.39, 0.29) is 26.4 Å². The SMILES string of the molecule is CCC(F)(F)C(F)(F)C(F)(F)OCC(C)OCC(C)OCC(C)OCC(C)OCC(C)OCC(C)OC(F)(F)C(F)(F)C(F)(F)CC. The van der Waals surface area contributed by atoms with Crippen LogP contribution < -0.4 is 0 Å². The van der Waals surface area contributed by atoms with Crippen LogP contribution in [0.1, 0.15) is 68.2 Å². The summed E-state index contributed by atoms with van der Waals surface area (Å²) < 4.78 is 197. The standard InChI is InChI=1S/C28H46F12O7/c1-9-23(29,30)25(33,34)27(37,38)46-16-21(7)44-14-19(5)42-12-17(3)41-11-18(4)43-13-20(6)45-15-22(8)47-28(39,40)26(35,36)24(31,32)10-2/h17-22H,9-16H2,1-8H3. The molecular formula is C28H46F12O7. The van der Waals surface area contributed by atoms with E-state index in [1.54, 1.807) is 20.8 Å². The summed E-state index contributed by atoms with van der Waals surface area (Å²) in [5.41, 5.74) is 0. The van der Waals surface area contributed by atoms with Gasteiger partial charge >= 0.3 is 35.9 Å². The van der Waals surface area contributed by atoms with Crippen LogP contribution in [0.25, 0.3) is 0 Å². The fourth-order valence-electron chi connectivity index (χ4n) is 3.28. The van der Waals surface area contributed by atoms with E-state index in [0.29, 0.717) is 13.8 Å². The predicted octanol–water partition coefficient (Wildman–Crippen LogP) is 7.98. The Morgan fingerprint density at radius 1 is 0.383 bits per heavy atom. The van der Waals surface area contributed by atoms with Crippen LogP contribution in [-0.2, 0) is 33.2 Å². The molecule has 0 spiro atoms. The van der Waals surface area contributed by atoms with Crippen molar-refractivity contribution in [1.29, 1.82) is 0 Å². The molecular weight excluding hydrogens is 676 g/mol. The second-order valence-electron chi connectivity index (χ2n) is 11.3. The van der Waals surface area contributed by atoms with Gasteiger partial charge in [0, 0.05) is 12.8 Å². The molecule has 0 N–H and O–H groups in total. The highest BCUT2D eigenvalue weighted by atomic mass is 19.4. The van der Waals surface area contributed by atoms with Gasteiger partial charge in [0.1, 0.15) is 0 Å². The maximum absolute atomic E-state index is 13.7. The maximum atomic E-state index is 13.7. The van der Waals surface area contributed by atoms with Gasteiger partial charge in [0.2, 0.25) is 0 Å². The molecule has 284 valence electrons. The monoisotopic (exact) mass is 722 g/mol. The van der Waals surface area contributed by atoms with E-state index in [9.17, 15) is 52.7 Å². The highest BCUT2D eigenvalue weighted by Crippen LogP contribution is 2.49. The van der Waals surface area contributed by atoms with Gasteiger partial charge in [-0.3, -0.25) is 0 Å². The Bertz CT molecular complexity index is 883. The van der Waals surface area contributed by atoms with Gasteiger partial charge in [-0.15, -0.1) is 0 Å². The first-order chi connectivity index (χ1) is 21.2. The molecule has 0 aromatic rings. The van der Waals surface area contributed by atoms with Gasteiger partial charge in [0.05, 0.1) is 76.3 Å². The fraction of sp³-hybridized carbons (Fsp3) is 1.00. The zero-order valence-electron chi connectivity index (χ0n) is 27.5. The molecule has 0 aliphatic carbocycles. The molecule has 0 heterocycles. The van der Waals surface area contributed by atoms with E-state index in [2.05, 4.69) is 9.47 Å². The van der Waals surface area contributed by atoms with Gasteiger partial charge in [-0.25, -0.2) is 0 Å². The second-order valence-corrected chi connectivity index (χ2v) is 11.3. The van der Waals surface area contributed by atoms with Crippen molar-refractivity contribution in [2.75, 3.05) is 39.6 Å². The van der Waals surface area contributed by atoms with Gasteiger partial charge < -0.3 is 33.2 Å². The lowest BCUT2D eigenvalue weighted by Gasteiger charge is -2.33. The van der Waals surface area contributed by atoms with Crippen molar-refractivity contribution < 1.29 is 85.8 Å². The van der Waals surface area contributed by atoms with E-state index in [4.69, 9.17) is 23.7 Å². The van der Waals surface area contributed by atoms with Crippen LogP contribution >= 0.6 is 0 Å². The molecule has 6 unspecified atom stereocenters. The third-order valence-electron chi connectivity index (χ3n) is 6.46. The molecule has 0 saturated heterocycles. The van der Waals surface area contributed by atoms with Crippen LogP contribution in [0, 0.1) is 0 Å². The summed E-state index contributed by atoms with van der Waals surface area (Å²) in [5.74, 6) is -21.4. The first kappa shape index (κ1) is 45.9. The Hall–Kier alpha value is -1.12.